The second kappa shape index (κ2) is 4.33. The topological polar surface area (TPSA) is 36.7 Å². The van der Waals surface area contributed by atoms with Gasteiger partial charge >= 0.3 is 0 Å². The Morgan fingerprint density at radius 3 is 2.92 bits per heavy atom. The van der Waals surface area contributed by atoms with Crippen molar-refractivity contribution >= 4 is 28.4 Å². The summed E-state index contributed by atoms with van der Waals surface area (Å²) in [5.41, 5.74) is 1.42. The standard InChI is InChI=1S/C9H6FIN2/c1-6-2-7(4-12)5-13-9(6)8(10)3-11/h2-3,5H,1H3. The zero-order valence-electron chi connectivity index (χ0n) is 6.88. The number of nitriles is 1. The van der Waals surface area contributed by atoms with E-state index in [9.17, 15) is 4.39 Å². The van der Waals surface area contributed by atoms with Crippen LogP contribution in [0.5, 0.6) is 0 Å². The van der Waals surface area contributed by atoms with Gasteiger partial charge in [0.15, 0.2) is 5.83 Å². The number of hydrogen-bond donors (Lipinski definition) is 0. The van der Waals surface area contributed by atoms with E-state index in [1.54, 1.807) is 13.0 Å². The quantitative estimate of drug-likeness (QED) is 0.745. The van der Waals surface area contributed by atoms with Crippen LogP contribution in [0.25, 0.3) is 5.83 Å². The Hall–Kier alpha value is -0.960. The molecule has 0 unspecified atom stereocenters. The van der Waals surface area contributed by atoms with Gasteiger partial charge in [0.2, 0.25) is 0 Å². The molecular weight excluding hydrogens is 282 g/mol. The Bertz CT molecular complexity index is 393. The highest BCUT2D eigenvalue weighted by Gasteiger charge is 2.05. The minimum Gasteiger partial charge on any atom is -0.252 e. The van der Waals surface area contributed by atoms with Gasteiger partial charge in [-0.1, -0.05) is 0 Å². The van der Waals surface area contributed by atoms with Gasteiger partial charge in [0.1, 0.15) is 11.8 Å². The summed E-state index contributed by atoms with van der Waals surface area (Å²) in [5.74, 6) is -0.373. The molecule has 0 spiro atoms. The molecule has 0 fully saturated rings. The molecule has 66 valence electrons. The highest BCUT2D eigenvalue weighted by molar-refractivity contribution is 14.1. The van der Waals surface area contributed by atoms with Gasteiger partial charge in [0.25, 0.3) is 0 Å². The lowest BCUT2D eigenvalue weighted by Gasteiger charge is -2.00. The zero-order chi connectivity index (χ0) is 9.84. The molecule has 0 saturated carbocycles. The molecule has 13 heavy (non-hydrogen) atoms. The lowest BCUT2D eigenvalue weighted by Crippen LogP contribution is -1.91. The summed E-state index contributed by atoms with van der Waals surface area (Å²) in [6.07, 6.45) is 1.36. The first-order valence-corrected chi connectivity index (χ1v) is 4.76. The molecule has 0 amide bonds. The van der Waals surface area contributed by atoms with Crippen molar-refractivity contribution in [2.75, 3.05) is 0 Å². The van der Waals surface area contributed by atoms with Gasteiger partial charge in [-0.3, -0.25) is 4.98 Å². The second-order valence-electron chi connectivity index (χ2n) is 2.46. The van der Waals surface area contributed by atoms with Crippen molar-refractivity contribution in [3.63, 3.8) is 0 Å². The summed E-state index contributed by atoms with van der Waals surface area (Å²) >= 11 is 1.81. The lowest BCUT2D eigenvalue weighted by molar-refractivity contribution is 0.753. The molecule has 0 aliphatic heterocycles. The van der Waals surface area contributed by atoms with Gasteiger partial charge in [-0.2, -0.15) is 5.26 Å². The van der Waals surface area contributed by atoms with Gasteiger partial charge in [-0.15, -0.1) is 0 Å². The van der Waals surface area contributed by atoms with Crippen LogP contribution in [-0.2, 0) is 0 Å². The molecule has 0 aliphatic rings. The molecule has 0 N–H and O–H groups in total. The number of aryl methyl sites for hydroxylation is 1. The summed E-state index contributed by atoms with van der Waals surface area (Å²) in [4.78, 5) is 3.85. The fourth-order valence-electron chi connectivity index (χ4n) is 0.938. The maximum absolute atomic E-state index is 13.1. The number of aromatic nitrogens is 1. The van der Waals surface area contributed by atoms with Crippen LogP contribution in [0.15, 0.2) is 16.3 Å². The van der Waals surface area contributed by atoms with Crippen molar-refractivity contribution in [3.8, 4) is 6.07 Å². The molecule has 0 atom stereocenters. The fourth-order valence-corrected chi connectivity index (χ4v) is 1.23. The van der Waals surface area contributed by atoms with E-state index in [2.05, 4.69) is 4.98 Å². The van der Waals surface area contributed by atoms with Crippen LogP contribution in [0.3, 0.4) is 0 Å². The predicted molar refractivity (Wildman–Crippen MR) is 56.8 cm³/mol. The molecular formula is C9H6FIN2. The normalized spacial score (nSPS) is 11.1. The van der Waals surface area contributed by atoms with Crippen LogP contribution in [0.2, 0.25) is 0 Å². The summed E-state index contributed by atoms with van der Waals surface area (Å²) in [5, 5.41) is 8.55. The molecule has 0 aromatic carbocycles. The molecule has 0 aliphatic carbocycles. The van der Waals surface area contributed by atoms with Crippen molar-refractivity contribution < 1.29 is 4.39 Å². The van der Waals surface area contributed by atoms with Crippen molar-refractivity contribution in [2.24, 2.45) is 0 Å². The molecule has 1 aromatic rings. The molecule has 1 heterocycles. The SMILES string of the molecule is Cc1cc(C#N)cnc1C(F)=CI. The Labute approximate surface area is 89.2 Å². The summed E-state index contributed by atoms with van der Waals surface area (Å²) < 4.78 is 14.4. The average molecular weight is 288 g/mol. The summed E-state index contributed by atoms with van der Waals surface area (Å²) in [6.45, 7) is 1.73. The van der Waals surface area contributed by atoms with Crippen molar-refractivity contribution in [3.05, 3.63) is 33.2 Å². The maximum Gasteiger partial charge on any atom is 0.155 e. The van der Waals surface area contributed by atoms with Crippen LogP contribution in [0.4, 0.5) is 4.39 Å². The smallest absolute Gasteiger partial charge is 0.155 e. The molecule has 1 rings (SSSR count). The summed E-state index contributed by atoms with van der Waals surface area (Å²) in [7, 11) is 0. The van der Waals surface area contributed by atoms with Gasteiger partial charge in [-0.05, 0) is 41.1 Å². The van der Waals surface area contributed by atoms with Gasteiger partial charge in [0, 0.05) is 10.3 Å². The largest absolute Gasteiger partial charge is 0.252 e. The van der Waals surface area contributed by atoms with Gasteiger partial charge in [-0.25, -0.2) is 4.39 Å². The first-order valence-electron chi connectivity index (χ1n) is 3.52. The van der Waals surface area contributed by atoms with E-state index in [0.717, 1.165) is 0 Å². The van der Waals surface area contributed by atoms with E-state index >= 15 is 0 Å². The molecule has 0 radical (unpaired) electrons. The van der Waals surface area contributed by atoms with Crippen LogP contribution in [0.1, 0.15) is 16.8 Å². The molecule has 2 nitrogen and oxygen atoms in total. The van der Waals surface area contributed by atoms with Gasteiger partial charge < -0.3 is 0 Å². The highest BCUT2D eigenvalue weighted by Crippen LogP contribution is 2.19. The first-order chi connectivity index (χ1) is 6.19. The maximum atomic E-state index is 13.1. The number of hydrogen-bond acceptors (Lipinski definition) is 2. The number of halogens is 2. The van der Waals surface area contributed by atoms with E-state index in [1.165, 1.54) is 10.3 Å². The second-order valence-corrected chi connectivity index (χ2v) is 3.08. The first kappa shape index (κ1) is 10.1. The Kier molecular flexibility index (Phi) is 3.37. The highest BCUT2D eigenvalue weighted by atomic mass is 127. The van der Waals surface area contributed by atoms with Crippen molar-refractivity contribution in [1.29, 1.82) is 5.26 Å². The number of nitrogens with zero attached hydrogens (tertiary/aromatic N) is 2. The average Bonchev–Trinajstić information content (AvgIpc) is 2.16. The van der Waals surface area contributed by atoms with E-state index in [1.807, 2.05) is 28.7 Å². The Morgan fingerprint density at radius 2 is 2.46 bits per heavy atom. The molecule has 0 bridgehead atoms. The minimum absolute atomic E-state index is 0.299. The van der Waals surface area contributed by atoms with Crippen molar-refractivity contribution in [2.45, 2.75) is 6.92 Å². The fraction of sp³-hybridized carbons (Fsp3) is 0.111. The van der Waals surface area contributed by atoms with Crippen LogP contribution in [-0.4, -0.2) is 4.98 Å². The Balaban J connectivity index is 3.22. The molecule has 4 heteroatoms. The van der Waals surface area contributed by atoms with E-state index in [4.69, 9.17) is 5.26 Å². The third-order valence-electron chi connectivity index (χ3n) is 1.53. The van der Waals surface area contributed by atoms with Gasteiger partial charge in [0.05, 0.1) is 5.56 Å². The minimum atomic E-state index is -0.373. The predicted octanol–water partition coefficient (Wildman–Crippen LogP) is 2.96. The lowest BCUT2D eigenvalue weighted by atomic mass is 10.1. The Morgan fingerprint density at radius 1 is 1.77 bits per heavy atom. The monoisotopic (exact) mass is 288 g/mol. The summed E-state index contributed by atoms with van der Waals surface area (Å²) in [6, 6.07) is 3.56. The molecule has 0 saturated heterocycles. The van der Waals surface area contributed by atoms with Crippen molar-refractivity contribution in [1.82, 2.24) is 4.98 Å². The zero-order valence-corrected chi connectivity index (χ0v) is 9.04. The van der Waals surface area contributed by atoms with E-state index in [0.29, 0.717) is 16.8 Å². The van der Waals surface area contributed by atoms with E-state index in [-0.39, 0.29) is 5.83 Å². The van der Waals surface area contributed by atoms with Crippen LogP contribution >= 0.6 is 22.6 Å². The number of rotatable bonds is 1. The van der Waals surface area contributed by atoms with Crippen LogP contribution < -0.4 is 0 Å². The molecule has 1 aromatic heterocycles. The third kappa shape index (κ3) is 2.25. The van der Waals surface area contributed by atoms with Crippen LogP contribution in [0, 0.1) is 18.3 Å². The number of pyridine rings is 1. The van der Waals surface area contributed by atoms with E-state index < -0.39 is 0 Å². The third-order valence-corrected chi connectivity index (χ3v) is 2.08.